The third kappa shape index (κ3) is 7.86. The number of rotatable bonds is 6. The molecule has 4 heteroatoms. The van der Waals surface area contributed by atoms with Gasteiger partial charge in [-0.05, 0) is 18.8 Å². The second-order valence-corrected chi connectivity index (χ2v) is 3.90. The van der Waals surface area contributed by atoms with Crippen LogP contribution in [0.2, 0.25) is 0 Å². The molecule has 0 aromatic carbocycles. The number of nitrogens with zero attached hydrogens (tertiary/aromatic N) is 1. The summed E-state index contributed by atoms with van der Waals surface area (Å²) < 4.78 is 0. The molecule has 0 aliphatic rings. The van der Waals surface area contributed by atoms with Crippen molar-refractivity contribution in [3.8, 4) is 0 Å². The molecule has 0 bridgehead atoms. The second-order valence-electron chi connectivity index (χ2n) is 3.90. The molecule has 0 saturated carbocycles. The van der Waals surface area contributed by atoms with Crippen LogP contribution >= 0.6 is 0 Å². The Morgan fingerprint density at radius 2 is 2.14 bits per heavy atom. The zero-order valence-corrected chi connectivity index (χ0v) is 9.45. The first-order valence-corrected chi connectivity index (χ1v) is 5.28. The summed E-state index contributed by atoms with van der Waals surface area (Å²) in [4.78, 5) is 4.15. The molecular formula is C10H23N3O. The molecule has 1 unspecified atom stereocenters. The Morgan fingerprint density at radius 1 is 1.50 bits per heavy atom. The highest BCUT2D eigenvalue weighted by Gasteiger charge is 2.00. The zero-order valence-electron chi connectivity index (χ0n) is 9.45. The molecule has 0 radical (unpaired) electrons. The number of hydrogen-bond donors (Lipinski definition) is 3. The van der Waals surface area contributed by atoms with Gasteiger partial charge in [0.2, 0.25) is 0 Å². The van der Waals surface area contributed by atoms with Crippen LogP contribution in [0.1, 0.15) is 33.6 Å². The Morgan fingerprint density at radius 3 is 2.64 bits per heavy atom. The summed E-state index contributed by atoms with van der Waals surface area (Å²) in [7, 11) is 0. The van der Waals surface area contributed by atoms with Gasteiger partial charge in [-0.1, -0.05) is 20.8 Å². The predicted octanol–water partition coefficient (Wildman–Crippen LogP) is 0.708. The Balaban J connectivity index is 3.52. The second kappa shape index (κ2) is 7.62. The quantitative estimate of drug-likeness (QED) is 0.438. The van der Waals surface area contributed by atoms with Crippen molar-refractivity contribution in [3.63, 3.8) is 0 Å². The summed E-state index contributed by atoms with van der Waals surface area (Å²) in [5, 5.41) is 12.2. The smallest absolute Gasteiger partial charge is 0.188 e. The SMILES string of the molecule is CCC(O)CCNC(N)=NCC(C)C. The molecular weight excluding hydrogens is 178 g/mol. The van der Waals surface area contributed by atoms with E-state index < -0.39 is 0 Å². The van der Waals surface area contributed by atoms with E-state index in [1.54, 1.807) is 0 Å². The summed E-state index contributed by atoms with van der Waals surface area (Å²) in [6.07, 6.45) is 1.26. The lowest BCUT2D eigenvalue weighted by atomic mass is 10.2. The molecule has 0 rings (SSSR count). The summed E-state index contributed by atoms with van der Waals surface area (Å²) in [6.45, 7) is 7.58. The van der Waals surface area contributed by atoms with Gasteiger partial charge in [-0.2, -0.15) is 0 Å². The van der Waals surface area contributed by atoms with Crippen molar-refractivity contribution in [2.45, 2.75) is 39.7 Å². The first-order valence-electron chi connectivity index (χ1n) is 5.28. The fourth-order valence-electron chi connectivity index (χ4n) is 0.908. The van der Waals surface area contributed by atoms with E-state index in [0.717, 1.165) is 13.0 Å². The molecule has 0 saturated heterocycles. The largest absolute Gasteiger partial charge is 0.393 e. The fraction of sp³-hybridized carbons (Fsp3) is 0.900. The maximum atomic E-state index is 9.27. The number of aliphatic imine (C=N–C) groups is 1. The summed E-state index contributed by atoms with van der Waals surface area (Å²) in [5.41, 5.74) is 5.61. The average molecular weight is 201 g/mol. The van der Waals surface area contributed by atoms with E-state index in [4.69, 9.17) is 5.73 Å². The van der Waals surface area contributed by atoms with Gasteiger partial charge < -0.3 is 16.2 Å². The van der Waals surface area contributed by atoms with Crippen LogP contribution in [-0.2, 0) is 0 Å². The first kappa shape index (κ1) is 13.2. The van der Waals surface area contributed by atoms with Crippen LogP contribution in [-0.4, -0.2) is 30.3 Å². The van der Waals surface area contributed by atoms with E-state index in [1.165, 1.54) is 0 Å². The van der Waals surface area contributed by atoms with E-state index >= 15 is 0 Å². The van der Waals surface area contributed by atoms with Crippen molar-refractivity contribution < 1.29 is 5.11 Å². The molecule has 4 N–H and O–H groups in total. The van der Waals surface area contributed by atoms with Gasteiger partial charge >= 0.3 is 0 Å². The van der Waals surface area contributed by atoms with Crippen LogP contribution in [0.25, 0.3) is 0 Å². The predicted molar refractivity (Wildman–Crippen MR) is 60.2 cm³/mol. The van der Waals surface area contributed by atoms with E-state index in [9.17, 15) is 5.11 Å². The molecule has 84 valence electrons. The van der Waals surface area contributed by atoms with Gasteiger partial charge in [-0.3, -0.25) is 4.99 Å². The van der Waals surface area contributed by atoms with Crippen molar-refractivity contribution in [2.75, 3.05) is 13.1 Å². The third-order valence-electron chi connectivity index (χ3n) is 1.88. The van der Waals surface area contributed by atoms with Crippen molar-refractivity contribution in [3.05, 3.63) is 0 Å². The molecule has 0 fully saturated rings. The first-order chi connectivity index (χ1) is 6.56. The molecule has 1 atom stereocenters. The van der Waals surface area contributed by atoms with Crippen molar-refractivity contribution >= 4 is 5.96 Å². The van der Waals surface area contributed by atoms with Crippen LogP contribution in [0.5, 0.6) is 0 Å². The van der Waals surface area contributed by atoms with Crippen LogP contribution in [0.4, 0.5) is 0 Å². The molecule has 0 aliphatic heterocycles. The molecule has 0 spiro atoms. The summed E-state index contributed by atoms with van der Waals surface area (Å²) in [6, 6.07) is 0. The summed E-state index contributed by atoms with van der Waals surface area (Å²) in [5.74, 6) is 0.999. The zero-order chi connectivity index (χ0) is 11.0. The van der Waals surface area contributed by atoms with Crippen LogP contribution < -0.4 is 11.1 Å². The number of nitrogens with two attached hydrogens (primary N) is 1. The van der Waals surface area contributed by atoms with E-state index in [2.05, 4.69) is 24.2 Å². The van der Waals surface area contributed by atoms with E-state index in [0.29, 0.717) is 24.8 Å². The minimum Gasteiger partial charge on any atom is -0.393 e. The molecule has 0 aromatic heterocycles. The maximum Gasteiger partial charge on any atom is 0.188 e. The Kier molecular flexibility index (Phi) is 7.20. The van der Waals surface area contributed by atoms with Gasteiger partial charge in [0.15, 0.2) is 5.96 Å². The van der Waals surface area contributed by atoms with Gasteiger partial charge in [0.05, 0.1) is 6.10 Å². The van der Waals surface area contributed by atoms with Gasteiger partial charge in [0, 0.05) is 13.1 Å². The number of aliphatic hydroxyl groups is 1. The molecule has 0 aliphatic carbocycles. The van der Waals surface area contributed by atoms with Gasteiger partial charge in [0.25, 0.3) is 0 Å². The minimum atomic E-state index is -0.236. The summed E-state index contributed by atoms with van der Waals surface area (Å²) >= 11 is 0. The lowest BCUT2D eigenvalue weighted by Gasteiger charge is -2.09. The molecule has 14 heavy (non-hydrogen) atoms. The normalized spacial score (nSPS) is 14.5. The standard InChI is InChI=1S/C10H23N3O/c1-4-9(14)5-6-12-10(11)13-7-8(2)3/h8-9,14H,4-7H2,1-3H3,(H3,11,12,13). The van der Waals surface area contributed by atoms with Gasteiger partial charge in [-0.25, -0.2) is 0 Å². The van der Waals surface area contributed by atoms with Gasteiger partial charge in [-0.15, -0.1) is 0 Å². The molecule has 0 heterocycles. The van der Waals surface area contributed by atoms with Crippen molar-refractivity contribution in [2.24, 2.45) is 16.6 Å². The maximum absolute atomic E-state index is 9.27. The van der Waals surface area contributed by atoms with Crippen molar-refractivity contribution in [1.29, 1.82) is 0 Å². The average Bonchev–Trinajstić information content (AvgIpc) is 2.14. The number of hydrogen-bond acceptors (Lipinski definition) is 2. The topological polar surface area (TPSA) is 70.6 Å². The van der Waals surface area contributed by atoms with Crippen LogP contribution in [0.15, 0.2) is 4.99 Å². The Hall–Kier alpha value is -0.770. The van der Waals surface area contributed by atoms with Crippen LogP contribution in [0.3, 0.4) is 0 Å². The lowest BCUT2D eigenvalue weighted by molar-refractivity contribution is 0.161. The molecule has 4 nitrogen and oxygen atoms in total. The van der Waals surface area contributed by atoms with Crippen LogP contribution in [0, 0.1) is 5.92 Å². The fourth-order valence-corrected chi connectivity index (χ4v) is 0.908. The molecule has 0 aromatic rings. The Bertz CT molecular complexity index is 169. The highest BCUT2D eigenvalue weighted by Crippen LogP contribution is 1.94. The highest BCUT2D eigenvalue weighted by atomic mass is 16.3. The van der Waals surface area contributed by atoms with Gasteiger partial charge in [0.1, 0.15) is 0 Å². The number of aliphatic hydroxyl groups excluding tert-OH is 1. The van der Waals surface area contributed by atoms with E-state index in [1.807, 2.05) is 6.92 Å². The highest BCUT2D eigenvalue weighted by molar-refractivity contribution is 5.77. The third-order valence-corrected chi connectivity index (χ3v) is 1.88. The molecule has 0 amide bonds. The number of guanidine groups is 1. The lowest BCUT2D eigenvalue weighted by Crippen LogP contribution is -2.34. The Labute approximate surface area is 86.6 Å². The minimum absolute atomic E-state index is 0.236. The monoisotopic (exact) mass is 201 g/mol. The van der Waals surface area contributed by atoms with Crippen molar-refractivity contribution in [1.82, 2.24) is 5.32 Å². The number of nitrogens with one attached hydrogen (secondary N) is 1. The van der Waals surface area contributed by atoms with E-state index in [-0.39, 0.29) is 6.10 Å².